The number of fused-ring (bicyclic) bond motifs is 1. The van der Waals surface area contributed by atoms with Crippen molar-refractivity contribution in [2.45, 2.75) is 23.6 Å². The molecule has 2 aromatic carbocycles. The minimum Gasteiger partial charge on any atom is -0.444 e. The van der Waals surface area contributed by atoms with Gasteiger partial charge in [-0.15, -0.1) is 0 Å². The number of nitrogens with one attached hydrogen (secondary N) is 1. The number of hydrogen-bond donors (Lipinski definition) is 1. The van der Waals surface area contributed by atoms with E-state index in [1.165, 1.54) is 42.5 Å². The number of amides is 1. The van der Waals surface area contributed by atoms with Crippen molar-refractivity contribution in [2.75, 3.05) is 11.6 Å². The van der Waals surface area contributed by atoms with E-state index in [4.69, 9.17) is 11.3 Å². The number of anilines is 1. The first-order valence-electron chi connectivity index (χ1n) is 11.9. The van der Waals surface area contributed by atoms with Crippen LogP contribution >= 0.6 is 11.8 Å². The molecule has 5 aromatic rings. The Hall–Kier alpha value is -4.73. The summed E-state index contributed by atoms with van der Waals surface area (Å²) >= 11 is 1.29. The van der Waals surface area contributed by atoms with Crippen LogP contribution in [-0.2, 0) is 21.4 Å². The fourth-order valence-corrected chi connectivity index (χ4v) is 5.62. The van der Waals surface area contributed by atoms with E-state index < -0.39 is 16.1 Å². The first-order chi connectivity index (χ1) is 19.3. The Balaban J connectivity index is 1.60. The standard InChI is InChI=1S/C28H22N6O4S2/c1-18-9-11-21(12-10-18)40(36,37)34-16-23(25-24(29-2)15-31-27(33-25)39-3)22-13-20(14-30-26(22)34)32-28(35)38-17-19-7-5-4-6-8-19/h4-16H,17H2,1,3H3,(H,32,35). The summed E-state index contributed by atoms with van der Waals surface area (Å²) in [7, 11) is -4.06. The number of carbonyl (C=O) groups excluding carboxylic acids is 1. The van der Waals surface area contributed by atoms with Gasteiger partial charge in [-0.2, -0.15) is 0 Å². The lowest BCUT2D eigenvalue weighted by molar-refractivity contribution is 0.155. The van der Waals surface area contributed by atoms with Crippen LogP contribution in [0.1, 0.15) is 11.1 Å². The molecule has 0 spiro atoms. The summed E-state index contributed by atoms with van der Waals surface area (Å²) in [6, 6.07) is 17.3. The molecule has 12 heteroatoms. The van der Waals surface area contributed by atoms with Crippen molar-refractivity contribution < 1.29 is 17.9 Å². The summed E-state index contributed by atoms with van der Waals surface area (Å²) in [6.45, 7) is 9.57. The van der Waals surface area contributed by atoms with Crippen LogP contribution in [0, 0.1) is 13.5 Å². The second-order valence-electron chi connectivity index (χ2n) is 8.64. The largest absolute Gasteiger partial charge is 0.444 e. The zero-order valence-electron chi connectivity index (χ0n) is 21.4. The normalized spacial score (nSPS) is 11.2. The Morgan fingerprint density at radius 2 is 1.85 bits per heavy atom. The first kappa shape index (κ1) is 26.9. The highest BCUT2D eigenvalue weighted by atomic mass is 32.2. The number of pyridine rings is 1. The molecule has 10 nitrogen and oxygen atoms in total. The molecule has 0 atom stereocenters. The number of aryl methyl sites for hydroxylation is 1. The lowest BCUT2D eigenvalue weighted by Crippen LogP contribution is -2.14. The van der Waals surface area contributed by atoms with Crippen molar-refractivity contribution in [3.8, 4) is 11.3 Å². The van der Waals surface area contributed by atoms with Crippen LogP contribution in [0.5, 0.6) is 0 Å². The van der Waals surface area contributed by atoms with Crippen molar-refractivity contribution in [1.29, 1.82) is 0 Å². The van der Waals surface area contributed by atoms with Crippen molar-refractivity contribution in [2.24, 2.45) is 0 Å². The van der Waals surface area contributed by atoms with E-state index >= 15 is 0 Å². The first-order valence-corrected chi connectivity index (χ1v) is 14.6. The molecular weight excluding hydrogens is 548 g/mol. The quantitative estimate of drug-likeness (QED) is 0.142. The minimum absolute atomic E-state index is 0.0749. The second-order valence-corrected chi connectivity index (χ2v) is 11.2. The second kappa shape index (κ2) is 11.2. The van der Waals surface area contributed by atoms with Crippen LogP contribution in [0.15, 0.2) is 89.3 Å². The number of aromatic nitrogens is 4. The van der Waals surface area contributed by atoms with E-state index in [0.29, 0.717) is 16.1 Å². The van der Waals surface area contributed by atoms with Crippen LogP contribution in [0.2, 0.25) is 0 Å². The average Bonchev–Trinajstić information content (AvgIpc) is 3.36. The van der Waals surface area contributed by atoms with Gasteiger partial charge in [-0.3, -0.25) is 5.32 Å². The third-order valence-corrected chi connectivity index (χ3v) is 8.18. The fourth-order valence-electron chi connectivity index (χ4n) is 3.96. The number of ether oxygens (including phenoxy) is 1. The van der Waals surface area contributed by atoms with Crippen molar-refractivity contribution in [3.63, 3.8) is 0 Å². The zero-order chi connectivity index (χ0) is 28.3. The highest BCUT2D eigenvalue weighted by molar-refractivity contribution is 7.98. The average molecular weight is 571 g/mol. The molecular formula is C28H22N6O4S2. The molecule has 0 radical (unpaired) electrons. The third kappa shape index (κ3) is 5.38. The number of hydrogen-bond acceptors (Lipinski definition) is 8. The molecule has 5 rings (SSSR count). The van der Waals surface area contributed by atoms with Gasteiger partial charge in [0.2, 0.25) is 5.69 Å². The Bertz CT molecular complexity index is 1870. The maximum absolute atomic E-state index is 13.7. The molecule has 1 amide bonds. The lowest BCUT2D eigenvalue weighted by Gasteiger charge is -2.09. The highest BCUT2D eigenvalue weighted by Crippen LogP contribution is 2.37. The van der Waals surface area contributed by atoms with Crippen LogP contribution in [0.4, 0.5) is 16.2 Å². The Morgan fingerprint density at radius 3 is 2.55 bits per heavy atom. The van der Waals surface area contributed by atoms with E-state index in [1.807, 2.05) is 37.3 Å². The molecule has 200 valence electrons. The fraction of sp³-hybridized carbons (Fsp3) is 0.107. The number of rotatable bonds is 7. The van der Waals surface area contributed by atoms with Gasteiger partial charge in [0.15, 0.2) is 10.8 Å². The van der Waals surface area contributed by atoms with Gasteiger partial charge in [0.1, 0.15) is 6.61 Å². The molecule has 0 aliphatic heterocycles. The van der Waals surface area contributed by atoms with Crippen molar-refractivity contribution in [1.82, 2.24) is 18.9 Å². The summed E-state index contributed by atoms with van der Waals surface area (Å²) in [5.41, 5.74) is 2.88. The van der Waals surface area contributed by atoms with E-state index in [-0.39, 0.29) is 34.2 Å². The van der Waals surface area contributed by atoms with Crippen LogP contribution in [0.3, 0.4) is 0 Å². The zero-order valence-corrected chi connectivity index (χ0v) is 23.0. The molecule has 3 heterocycles. The van der Waals surface area contributed by atoms with Gasteiger partial charge in [-0.05, 0) is 36.9 Å². The Kier molecular flexibility index (Phi) is 7.50. The van der Waals surface area contributed by atoms with Gasteiger partial charge in [-0.1, -0.05) is 59.8 Å². The van der Waals surface area contributed by atoms with Crippen LogP contribution in [0.25, 0.3) is 27.1 Å². The van der Waals surface area contributed by atoms with Crippen LogP contribution in [-0.4, -0.2) is 39.7 Å². The summed E-state index contributed by atoms with van der Waals surface area (Å²) < 4.78 is 33.8. The molecule has 0 aliphatic rings. The Labute approximate surface area is 234 Å². The molecule has 0 unspecified atom stereocenters. The number of benzene rings is 2. The molecule has 40 heavy (non-hydrogen) atoms. The molecule has 0 saturated heterocycles. The Morgan fingerprint density at radius 1 is 1.10 bits per heavy atom. The summed E-state index contributed by atoms with van der Waals surface area (Å²) in [4.78, 5) is 29.2. The summed E-state index contributed by atoms with van der Waals surface area (Å²) in [5.74, 6) is 0. The van der Waals surface area contributed by atoms with Gasteiger partial charge in [-0.25, -0.2) is 37.0 Å². The van der Waals surface area contributed by atoms with E-state index in [9.17, 15) is 13.2 Å². The molecule has 0 aliphatic carbocycles. The maximum atomic E-state index is 13.7. The van der Waals surface area contributed by atoms with Gasteiger partial charge in [0.05, 0.1) is 29.0 Å². The van der Waals surface area contributed by atoms with Crippen LogP contribution < -0.4 is 5.32 Å². The topological polar surface area (TPSA) is 120 Å². The van der Waals surface area contributed by atoms with Crippen molar-refractivity contribution >= 4 is 50.3 Å². The summed E-state index contributed by atoms with van der Waals surface area (Å²) in [6.07, 6.45) is 5.24. The monoisotopic (exact) mass is 570 g/mol. The molecule has 0 saturated carbocycles. The maximum Gasteiger partial charge on any atom is 0.412 e. The lowest BCUT2D eigenvalue weighted by atomic mass is 10.1. The molecule has 3 aromatic heterocycles. The van der Waals surface area contributed by atoms with E-state index in [1.54, 1.807) is 24.5 Å². The van der Waals surface area contributed by atoms with E-state index in [0.717, 1.165) is 15.1 Å². The van der Waals surface area contributed by atoms with Gasteiger partial charge >= 0.3 is 6.09 Å². The molecule has 1 N–H and O–H groups in total. The molecule has 0 bridgehead atoms. The number of thioether (sulfide) groups is 1. The predicted molar refractivity (Wildman–Crippen MR) is 153 cm³/mol. The predicted octanol–water partition coefficient (Wildman–Crippen LogP) is 6.06. The van der Waals surface area contributed by atoms with E-state index in [2.05, 4.69) is 25.1 Å². The molecule has 0 fully saturated rings. The minimum atomic E-state index is -4.06. The van der Waals surface area contributed by atoms with Gasteiger partial charge in [0, 0.05) is 23.3 Å². The smallest absolute Gasteiger partial charge is 0.412 e. The summed E-state index contributed by atoms with van der Waals surface area (Å²) in [5, 5.41) is 3.42. The van der Waals surface area contributed by atoms with Crippen molar-refractivity contribution in [3.05, 3.63) is 102 Å². The third-order valence-electron chi connectivity index (χ3n) is 5.95. The van der Waals surface area contributed by atoms with Gasteiger partial charge in [0.25, 0.3) is 10.0 Å². The highest BCUT2D eigenvalue weighted by Gasteiger charge is 2.25. The SMILES string of the molecule is [C-]#[N+]c1cnc(SC)nc1-c1cn(S(=O)(=O)c2ccc(C)cc2)c2ncc(NC(=O)OCc3ccccc3)cc12. The number of nitrogens with zero attached hydrogens (tertiary/aromatic N) is 5. The van der Waals surface area contributed by atoms with Gasteiger partial charge < -0.3 is 4.74 Å². The number of carbonyl (C=O) groups is 1.